The van der Waals surface area contributed by atoms with Gasteiger partial charge in [-0.2, -0.15) is 0 Å². The Kier molecular flexibility index (Phi) is 2.63. The molecular weight excluding hydrogens is 256 g/mol. The molecule has 0 aromatic carbocycles. The number of hydrogen-bond acceptors (Lipinski definition) is 4. The molecule has 0 amide bonds. The predicted octanol–water partition coefficient (Wildman–Crippen LogP) is 2.71. The molecular formula is C14H22N4S. The monoisotopic (exact) mass is 278 g/mol. The molecule has 1 aromatic heterocycles. The van der Waals surface area contributed by atoms with E-state index in [1.54, 1.807) is 0 Å². The number of nitrogens with two attached hydrogens (primary N) is 1. The predicted molar refractivity (Wildman–Crippen MR) is 76.7 cm³/mol. The SMILES string of the molecule is Cn1c(N)nnc1SCC12CC3CC(CC(C3)C1)C2. The molecule has 0 atom stereocenters. The summed E-state index contributed by atoms with van der Waals surface area (Å²) in [5.41, 5.74) is 6.35. The van der Waals surface area contributed by atoms with Crippen LogP contribution < -0.4 is 5.73 Å². The van der Waals surface area contributed by atoms with Crippen LogP contribution in [-0.2, 0) is 7.05 Å². The highest BCUT2D eigenvalue weighted by Crippen LogP contribution is 2.61. The standard InChI is InChI=1S/C14H22N4S/c1-18-12(15)16-17-13(18)19-8-14-5-9-2-10(6-14)4-11(3-9)7-14/h9-11H,2-8H2,1H3,(H2,15,16). The third kappa shape index (κ3) is 1.97. The Morgan fingerprint density at radius 3 is 2.21 bits per heavy atom. The van der Waals surface area contributed by atoms with Crippen molar-refractivity contribution in [3.8, 4) is 0 Å². The van der Waals surface area contributed by atoms with Crippen LogP contribution >= 0.6 is 11.8 Å². The van der Waals surface area contributed by atoms with Crippen LogP contribution in [0, 0.1) is 23.2 Å². The van der Waals surface area contributed by atoms with Gasteiger partial charge in [-0.3, -0.25) is 4.57 Å². The van der Waals surface area contributed by atoms with Crippen molar-refractivity contribution < 1.29 is 0 Å². The fourth-order valence-corrected chi connectivity index (χ4v) is 6.31. The highest BCUT2D eigenvalue weighted by atomic mass is 32.2. The van der Waals surface area contributed by atoms with E-state index in [4.69, 9.17) is 5.73 Å². The Morgan fingerprint density at radius 2 is 1.74 bits per heavy atom. The summed E-state index contributed by atoms with van der Waals surface area (Å²) in [5, 5.41) is 9.11. The maximum atomic E-state index is 5.75. The molecule has 4 aliphatic carbocycles. The molecule has 0 unspecified atom stereocenters. The van der Waals surface area contributed by atoms with E-state index >= 15 is 0 Å². The summed E-state index contributed by atoms with van der Waals surface area (Å²) in [7, 11) is 1.96. The van der Waals surface area contributed by atoms with Gasteiger partial charge in [-0.15, -0.1) is 10.2 Å². The minimum atomic E-state index is 0.521. The first-order chi connectivity index (χ1) is 9.13. The third-order valence-corrected chi connectivity index (χ3v) is 6.91. The largest absolute Gasteiger partial charge is 0.368 e. The molecule has 19 heavy (non-hydrogen) atoms. The van der Waals surface area contributed by atoms with Gasteiger partial charge in [0.25, 0.3) is 0 Å². The lowest BCUT2D eigenvalue weighted by atomic mass is 9.50. The van der Waals surface area contributed by atoms with Crippen LogP contribution in [0.5, 0.6) is 0 Å². The Morgan fingerprint density at radius 1 is 1.16 bits per heavy atom. The highest BCUT2D eigenvalue weighted by molar-refractivity contribution is 7.99. The molecule has 2 N–H and O–H groups in total. The smallest absolute Gasteiger partial charge is 0.222 e. The van der Waals surface area contributed by atoms with E-state index in [0.29, 0.717) is 11.4 Å². The van der Waals surface area contributed by atoms with E-state index in [1.165, 1.54) is 44.3 Å². The molecule has 0 radical (unpaired) electrons. The fourth-order valence-electron chi connectivity index (χ4n) is 5.14. The van der Waals surface area contributed by atoms with Crippen molar-refractivity contribution in [1.29, 1.82) is 0 Å². The summed E-state index contributed by atoms with van der Waals surface area (Å²) >= 11 is 1.87. The number of nitrogen functional groups attached to an aromatic ring is 1. The zero-order valence-corrected chi connectivity index (χ0v) is 12.3. The van der Waals surface area contributed by atoms with E-state index in [9.17, 15) is 0 Å². The quantitative estimate of drug-likeness (QED) is 0.864. The molecule has 1 aromatic rings. The molecule has 0 spiro atoms. The van der Waals surface area contributed by atoms with Gasteiger partial charge in [0.2, 0.25) is 5.95 Å². The first-order valence-corrected chi connectivity index (χ1v) is 8.40. The highest BCUT2D eigenvalue weighted by Gasteiger charge is 2.50. The summed E-state index contributed by atoms with van der Waals surface area (Å²) in [6, 6.07) is 0. The van der Waals surface area contributed by atoms with Crippen LogP contribution in [0.4, 0.5) is 5.95 Å². The van der Waals surface area contributed by atoms with Crippen LogP contribution in [0.15, 0.2) is 5.16 Å². The van der Waals surface area contributed by atoms with Gasteiger partial charge in [0, 0.05) is 12.8 Å². The van der Waals surface area contributed by atoms with E-state index < -0.39 is 0 Å². The second-order valence-corrected chi connectivity index (χ2v) is 8.05. The van der Waals surface area contributed by atoms with E-state index in [0.717, 1.165) is 22.9 Å². The lowest BCUT2D eigenvalue weighted by Crippen LogP contribution is -2.47. The van der Waals surface area contributed by atoms with E-state index in [2.05, 4.69) is 10.2 Å². The second-order valence-electron chi connectivity index (χ2n) is 7.11. The van der Waals surface area contributed by atoms with Crippen molar-refractivity contribution in [2.75, 3.05) is 11.5 Å². The molecule has 5 rings (SSSR count). The van der Waals surface area contributed by atoms with E-state index in [1.807, 2.05) is 23.4 Å². The Balaban J connectivity index is 1.49. The topological polar surface area (TPSA) is 56.7 Å². The number of hydrogen-bond donors (Lipinski definition) is 1. The molecule has 1 heterocycles. The molecule has 5 heteroatoms. The summed E-state index contributed by atoms with van der Waals surface area (Å²) < 4.78 is 1.91. The van der Waals surface area contributed by atoms with Crippen molar-refractivity contribution in [2.24, 2.45) is 30.2 Å². The van der Waals surface area contributed by atoms with Gasteiger partial charge < -0.3 is 5.73 Å². The molecule has 4 bridgehead atoms. The van der Waals surface area contributed by atoms with Gasteiger partial charge in [0.15, 0.2) is 5.16 Å². The van der Waals surface area contributed by atoms with Crippen LogP contribution in [0.2, 0.25) is 0 Å². The Bertz CT molecular complexity index is 460. The summed E-state index contributed by atoms with van der Waals surface area (Å²) in [4.78, 5) is 0. The molecule has 104 valence electrons. The minimum absolute atomic E-state index is 0.521. The van der Waals surface area contributed by atoms with Crippen molar-refractivity contribution in [1.82, 2.24) is 14.8 Å². The summed E-state index contributed by atoms with van der Waals surface area (Å²) in [6.45, 7) is 0. The zero-order valence-electron chi connectivity index (χ0n) is 11.5. The average molecular weight is 278 g/mol. The first-order valence-electron chi connectivity index (χ1n) is 7.41. The number of aromatic nitrogens is 3. The first kappa shape index (κ1) is 12.1. The summed E-state index contributed by atoms with van der Waals surface area (Å²) in [6.07, 6.45) is 8.92. The van der Waals surface area contributed by atoms with Gasteiger partial charge in [-0.1, -0.05) is 11.8 Å². The van der Waals surface area contributed by atoms with Gasteiger partial charge in [-0.25, -0.2) is 0 Å². The van der Waals surface area contributed by atoms with Crippen molar-refractivity contribution in [3.05, 3.63) is 0 Å². The van der Waals surface area contributed by atoms with Crippen LogP contribution in [0.1, 0.15) is 38.5 Å². The number of nitrogens with zero attached hydrogens (tertiary/aromatic N) is 3. The Hall–Kier alpha value is -0.710. The normalized spacial score (nSPS) is 39.9. The van der Waals surface area contributed by atoms with Gasteiger partial charge >= 0.3 is 0 Å². The molecule has 0 saturated heterocycles. The fraction of sp³-hybridized carbons (Fsp3) is 0.857. The van der Waals surface area contributed by atoms with Gasteiger partial charge in [0.1, 0.15) is 0 Å². The second kappa shape index (κ2) is 4.14. The number of thioether (sulfide) groups is 1. The minimum Gasteiger partial charge on any atom is -0.368 e. The molecule has 0 aliphatic heterocycles. The molecule has 4 saturated carbocycles. The molecule has 4 fully saturated rings. The van der Waals surface area contributed by atoms with Gasteiger partial charge in [-0.05, 0) is 61.7 Å². The lowest BCUT2D eigenvalue weighted by molar-refractivity contribution is -0.0381. The molecule has 4 nitrogen and oxygen atoms in total. The Labute approximate surface area is 118 Å². The number of rotatable bonds is 3. The lowest BCUT2D eigenvalue weighted by Gasteiger charge is -2.56. The van der Waals surface area contributed by atoms with Crippen LogP contribution in [-0.4, -0.2) is 20.5 Å². The van der Waals surface area contributed by atoms with E-state index in [-0.39, 0.29) is 0 Å². The van der Waals surface area contributed by atoms with Crippen molar-refractivity contribution in [2.45, 2.75) is 43.7 Å². The third-order valence-electron chi connectivity index (χ3n) is 5.54. The number of anilines is 1. The van der Waals surface area contributed by atoms with Crippen molar-refractivity contribution >= 4 is 17.7 Å². The van der Waals surface area contributed by atoms with Crippen LogP contribution in [0.25, 0.3) is 0 Å². The summed E-state index contributed by atoms with van der Waals surface area (Å²) in [5.74, 6) is 4.81. The average Bonchev–Trinajstić information content (AvgIpc) is 2.66. The maximum absolute atomic E-state index is 5.75. The van der Waals surface area contributed by atoms with Gasteiger partial charge in [0.05, 0.1) is 0 Å². The maximum Gasteiger partial charge on any atom is 0.222 e. The van der Waals surface area contributed by atoms with Crippen molar-refractivity contribution in [3.63, 3.8) is 0 Å². The van der Waals surface area contributed by atoms with Crippen LogP contribution in [0.3, 0.4) is 0 Å². The molecule has 4 aliphatic rings. The zero-order chi connectivity index (χ0) is 13.0.